The minimum atomic E-state index is -0.407. The van der Waals surface area contributed by atoms with Gasteiger partial charge in [-0.3, -0.25) is 9.36 Å². The van der Waals surface area contributed by atoms with Crippen molar-refractivity contribution in [1.82, 2.24) is 9.55 Å². The van der Waals surface area contributed by atoms with Gasteiger partial charge in [-0.1, -0.05) is 24.6 Å². The molecule has 0 bridgehead atoms. The second-order valence-electron chi connectivity index (χ2n) is 6.41. The summed E-state index contributed by atoms with van der Waals surface area (Å²) in [5.41, 5.74) is 1.35. The van der Waals surface area contributed by atoms with Crippen LogP contribution in [0.4, 0.5) is 4.39 Å². The first-order valence-electron chi connectivity index (χ1n) is 7.97. The van der Waals surface area contributed by atoms with E-state index >= 15 is 0 Å². The molecule has 0 saturated carbocycles. The lowest BCUT2D eigenvalue weighted by Gasteiger charge is -2.17. The molecule has 0 aliphatic heterocycles. The molecule has 0 saturated heterocycles. The van der Waals surface area contributed by atoms with Crippen LogP contribution >= 0.6 is 22.9 Å². The van der Waals surface area contributed by atoms with Crippen LogP contribution < -0.4 is 5.56 Å². The number of hydrogen-bond acceptors (Lipinski definition) is 3. The zero-order chi connectivity index (χ0) is 16.8. The fourth-order valence-corrected chi connectivity index (χ4v) is 4.90. The molecule has 0 spiro atoms. The molecule has 1 atom stereocenters. The van der Waals surface area contributed by atoms with Crippen LogP contribution in [0.5, 0.6) is 0 Å². The van der Waals surface area contributed by atoms with Crippen molar-refractivity contribution in [2.75, 3.05) is 0 Å². The molecular weight excluding hydrogens is 347 g/mol. The van der Waals surface area contributed by atoms with Crippen molar-refractivity contribution in [1.29, 1.82) is 0 Å². The molecule has 0 N–H and O–H groups in total. The van der Waals surface area contributed by atoms with Crippen molar-refractivity contribution in [3.63, 3.8) is 0 Å². The number of benzene rings is 1. The van der Waals surface area contributed by atoms with Gasteiger partial charge in [0.25, 0.3) is 5.56 Å². The lowest BCUT2D eigenvalue weighted by Crippen LogP contribution is -2.22. The highest BCUT2D eigenvalue weighted by Gasteiger charge is 2.23. The third-order valence-corrected chi connectivity index (χ3v) is 6.19. The monoisotopic (exact) mass is 362 g/mol. The molecule has 1 aliphatic carbocycles. The minimum absolute atomic E-state index is 0.0916. The average Bonchev–Trinajstić information content (AvgIpc) is 2.91. The molecular formula is C18H16ClFN2OS. The molecule has 2 aromatic heterocycles. The Morgan fingerprint density at radius 2 is 2.29 bits per heavy atom. The Hall–Kier alpha value is -1.72. The molecule has 1 aliphatic rings. The highest BCUT2D eigenvalue weighted by atomic mass is 35.5. The van der Waals surface area contributed by atoms with Gasteiger partial charge in [0.2, 0.25) is 0 Å². The molecule has 3 aromatic rings. The molecule has 0 fully saturated rings. The van der Waals surface area contributed by atoms with Crippen molar-refractivity contribution in [2.24, 2.45) is 5.92 Å². The van der Waals surface area contributed by atoms with Crippen molar-refractivity contribution in [3.8, 4) is 0 Å². The minimum Gasteiger partial charge on any atom is -0.294 e. The Morgan fingerprint density at radius 3 is 3.08 bits per heavy atom. The maximum atomic E-state index is 14.0. The van der Waals surface area contributed by atoms with Gasteiger partial charge < -0.3 is 0 Å². The third kappa shape index (κ3) is 2.56. The molecule has 6 heteroatoms. The van der Waals surface area contributed by atoms with Gasteiger partial charge in [0.05, 0.1) is 18.3 Å². The Morgan fingerprint density at radius 1 is 1.46 bits per heavy atom. The Bertz CT molecular complexity index is 974. The van der Waals surface area contributed by atoms with Crippen LogP contribution in [0.3, 0.4) is 0 Å². The highest BCUT2D eigenvalue weighted by Crippen LogP contribution is 2.35. The number of nitrogens with zero attached hydrogens (tertiary/aromatic N) is 2. The second kappa shape index (κ2) is 5.97. The molecule has 1 aromatic carbocycles. The molecule has 0 amide bonds. The Labute approximate surface area is 147 Å². The SMILES string of the molecule is C[C@@H]1CCc2c(sc3ncn(Cc4c(F)cccc4Cl)c(=O)c23)C1. The van der Waals surface area contributed by atoms with E-state index in [9.17, 15) is 9.18 Å². The van der Waals surface area contributed by atoms with Gasteiger partial charge in [-0.25, -0.2) is 9.37 Å². The van der Waals surface area contributed by atoms with Gasteiger partial charge in [0.1, 0.15) is 10.6 Å². The number of halogens is 2. The number of rotatable bonds is 2. The van der Waals surface area contributed by atoms with Gasteiger partial charge >= 0.3 is 0 Å². The summed E-state index contributed by atoms with van der Waals surface area (Å²) in [5.74, 6) is 0.237. The van der Waals surface area contributed by atoms with Gasteiger partial charge in [-0.15, -0.1) is 11.3 Å². The van der Waals surface area contributed by atoms with Crippen molar-refractivity contribution < 1.29 is 4.39 Å². The molecule has 0 radical (unpaired) electrons. The van der Waals surface area contributed by atoms with E-state index in [0.29, 0.717) is 21.9 Å². The molecule has 3 nitrogen and oxygen atoms in total. The number of aryl methyl sites for hydroxylation is 1. The van der Waals surface area contributed by atoms with E-state index in [4.69, 9.17) is 11.6 Å². The molecule has 24 heavy (non-hydrogen) atoms. The van der Waals surface area contributed by atoms with Gasteiger partial charge in [0.15, 0.2) is 0 Å². The maximum absolute atomic E-state index is 14.0. The van der Waals surface area contributed by atoms with Crippen molar-refractivity contribution in [3.05, 3.63) is 61.7 Å². The number of aromatic nitrogens is 2. The normalized spacial score (nSPS) is 17.2. The van der Waals surface area contributed by atoms with Crippen LogP contribution in [0.15, 0.2) is 29.3 Å². The molecule has 2 heterocycles. The first-order chi connectivity index (χ1) is 11.5. The van der Waals surface area contributed by atoms with Crippen LogP contribution in [-0.4, -0.2) is 9.55 Å². The first-order valence-corrected chi connectivity index (χ1v) is 9.16. The maximum Gasteiger partial charge on any atom is 0.262 e. The average molecular weight is 363 g/mol. The van der Waals surface area contributed by atoms with Crippen LogP contribution in [-0.2, 0) is 19.4 Å². The van der Waals surface area contributed by atoms with Crippen LogP contribution in [0.2, 0.25) is 5.02 Å². The van der Waals surface area contributed by atoms with Gasteiger partial charge in [-0.2, -0.15) is 0 Å². The summed E-state index contributed by atoms with van der Waals surface area (Å²) in [7, 11) is 0. The van der Waals surface area contributed by atoms with E-state index in [2.05, 4.69) is 11.9 Å². The predicted octanol–water partition coefficient (Wildman–Crippen LogP) is 4.42. The van der Waals surface area contributed by atoms with Gasteiger partial charge in [0, 0.05) is 15.5 Å². The standard InChI is InChI=1S/C18H16ClFN2OS/c1-10-5-6-11-15(7-10)24-17-16(11)18(23)22(9-21-17)8-12-13(19)3-2-4-14(12)20/h2-4,9-10H,5-8H2,1H3/t10-/m1/s1. The largest absolute Gasteiger partial charge is 0.294 e. The van der Waals surface area contributed by atoms with Crippen molar-refractivity contribution >= 4 is 33.2 Å². The van der Waals surface area contributed by atoms with Gasteiger partial charge in [-0.05, 0) is 42.9 Å². The second-order valence-corrected chi connectivity index (χ2v) is 7.90. The number of hydrogen-bond donors (Lipinski definition) is 0. The zero-order valence-corrected chi connectivity index (χ0v) is 14.8. The van der Waals surface area contributed by atoms with Crippen LogP contribution in [0, 0.1) is 11.7 Å². The van der Waals surface area contributed by atoms with E-state index in [-0.39, 0.29) is 12.1 Å². The summed E-state index contributed by atoms with van der Waals surface area (Å²) in [4.78, 5) is 19.4. The predicted molar refractivity (Wildman–Crippen MR) is 95.6 cm³/mol. The van der Waals surface area contributed by atoms with E-state index in [1.54, 1.807) is 23.5 Å². The third-order valence-electron chi connectivity index (χ3n) is 4.67. The molecule has 0 unspecified atom stereocenters. The number of thiophene rings is 1. The fraction of sp³-hybridized carbons (Fsp3) is 0.333. The quantitative estimate of drug-likeness (QED) is 0.676. The molecule has 124 valence electrons. The van der Waals surface area contributed by atoms with E-state index < -0.39 is 5.82 Å². The summed E-state index contributed by atoms with van der Waals surface area (Å²) < 4.78 is 15.5. The van der Waals surface area contributed by atoms with Crippen LogP contribution in [0.25, 0.3) is 10.2 Å². The Kier molecular flexibility index (Phi) is 3.93. The molecule has 4 rings (SSSR count). The fourth-order valence-electron chi connectivity index (χ4n) is 3.33. The van der Waals surface area contributed by atoms with E-state index in [1.165, 1.54) is 21.8 Å². The van der Waals surface area contributed by atoms with E-state index in [0.717, 1.165) is 29.7 Å². The van der Waals surface area contributed by atoms with Crippen molar-refractivity contribution in [2.45, 2.75) is 32.7 Å². The summed E-state index contributed by atoms with van der Waals surface area (Å²) in [6, 6.07) is 4.54. The Balaban J connectivity index is 1.83. The smallest absolute Gasteiger partial charge is 0.262 e. The lowest BCUT2D eigenvalue weighted by atomic mass is 9.89. The summed E-state index contributed by atoms with van der Waals surface area (Å²) in [6.07, 6.45) is 4.51. The summed E-state index contributed by atoms with van der Waals surface area (Å²) >= 11 is 7.70. The van der Waals surface area contributed by atoms with E-state index in [1.807, 2.05) is 0 Å². The summed E-state index contributed by atoms with van der Waals surface area (Å²) in [6.45, 7) is 2.33. The first kappa shape index (κ1) is 15.8. The topological polar surface area (TPSA) is 34.9 Å². The number of fused-ring (bicyclic) bond motifs is 3. The highest BCUT2D eigenvalue weighted by molar-refractivity contribution is 7.18. The van der Waals surface area contributed by atoms with Crippen LogP contribution in [0.1, 0.15) is 29.3 Å². The summed E-state index contributed by atoms with van der Waals surface area (Å²) in [5, 5.41) is 1.03. The zero-order valence-electron chi connectivity index (χ0n) is 13.2. The lowest BCUT2D eigenvalue weighted by molar-refractivity contribution is 0.509.